The van der Waals surface area contributed by atoms with Gasteiger partial charge in [-0.25, -0.2) is 0 Å². The zero-order valence-corrected chi connectivity index (χ0v) is 13.3. The van der Waals surface area contributed by atoms with Crippen LogP contribution in [0.25, 0.3) is 0 Å². The van der Waals surface area contributed by atoms with E-state index < -0.39 is 6.04 Å². The van der Waals surface area contributed by atoms with Crippen molar-refractivity contribution in [2.45, 2.75) is 63.5 Å². The van der Waals surface area contributed by atoms with Gasteiger partial charge in [-0.3, -0.25) is 9.59 Å². The summed E-state index contributed by atoms with van der Waals surface area (Å²) in [5.41, 5.74) is 5.99. The number of hydrogen-bond acceptors (Lipinski definition) is 4. The molecule has 0 bridgehead atoms. The van der Waals surface area contributed by atoms with Gasteiger partial charge in [0.2, 0.25) is 11.8 Å². The lowest BCUT2D eigenvalue weighted by atomic mass is 9.92. The van der Waals surface area contributed by atoms with E-state index in [1.165, 1.54) is 19.3 Å². The first-order valence-electron chi connectivity index (χ1n) is 8.57. The predicted octanol–water partition coefficient (Wildman–Crippen LogP) is 0.695. The van der Waals surface area contributed by atoms with Gasteiger partial charge in [-0.05, 0) is 31.6 Å². The fraction of sp³-hybridized carbons (Fsp3) is 0.875. The molecule has 1 aliphatic heterocycles. The predicted molar refractivity (Wildman–Crippen MR) is 84.2 cm³/mol. The molecule has 2 amide bonds. The van der Waals surface area contributed by atoms with Crippen LogP contribution < -0.4 is 16.4 Å². The zero-order valence-electron chi connectivity index (χ0n) is 13.3. The van der Waals surface area contributed by atoms with Gasteiger partial charge in [0.05, 0.1) is 6.04 Å². The first-order valence-corrected chi connectivity index (χ1v) is 8.57. The van der Waals surface area contributed by atoms with Crippen LogP contribution in [0.5, 0.6) is 0 Å². The van der Waals surface area contributed by atoms with E-state index in [-0.39, 0.29) is 17.7 Å². The van der Waals surface area contributed by atoms with Crippen molar-refractivity contribution < 1.29 is 14.3 Å². The summed E-state index contributed by atoms with van der Waals surface area (Å²) < 4.78 is 5.27. The molecule has 1 saturated heterocycles. The van der Waals surface area contributed by atoms with E-state index in [0.29, 0.717) is 32.2 Å². The molecule has 0 radical (unpaired) electrons. The quantitative estimate of drug-likeness (QED) is 0.673. The van der Waals surface area contributed by atoms with E-state index in [2.05, 4.69) is 10.6 Å². The Bertz CT molecular complexity index is 364. The standard InChI is InChI=1S/C16H29N3O3/c17-15(12-7-10-22-11-8-12)16(21)18-9-6-14(20)19-13-4-2-1-3-5-13/h12-13,15H,1-11,17H2,(H,18,21)(H,19,20). The second kappa shape index (κ2) is 9.10. The maximum Gasteiger partial charge on any atom is 0.237 e. The zero-order chi connectivity index (χ0) is 15.8. The Morgan fingerprint density at radius 2 is 1.77 bits per heavy atom. The lowest BCUT2D eigenvalue weighted by Crippen LogP contribution is -2.48. The largest absolute Gasteiger partial charge is 0.381 e. The van der Waals surface area contributed by atoms with Gasteiger partial charge in [-0.15, -0.1) is 0 Å². The van der Waals surface area contributed by atoms with Gasteiger partial charge in [0, 0.05) is 32.2 Å². The van der Waals surface area contributed by atoms with E-state index in [1.807, 2.05) is 0 Å². The van der Waals surface area contributed by atoms with Crippen LogP contribution in [0.3, 0.4) is 0 Å². The highest BCUT2D eigenvalue weighted by molar-refractivity contribution is 5.83. The highest BCUT2D eigenvalue weighted by atomic mass is 16.5. The third-order valence-corrected chi connectivity index (χ3v) is 4.70. The third kappa shape index (κ3) is 5.57. The summed E-state index contributed by atoms with van der Waals surface area (Å²) in [6.07, 6.45) is 7.80. The Labute approximate surface area is 132 Å². The van der Waals surface area contributed by atoms with E-state index in [1.54, 1.807) is 0 Å². The van der Waals surface area contributed by atoms with E-state index >= 15 is 0 Å². The van der Waals surface area contributed by atoms with Crippen LogP contribution in [0.4, 0.5) is 0 Å². The van der Waals surface area contributed by atoms with Gasteiger partial charge in [0.25, 0.3) is 0 Å². The number of nitrogens with one attached hydrogen (secondary N) is 2. The first-order chi connectivity index (χ1) is 10.7. The van der Waals surface area contributed by atoms with Crippen molar-refractivity contribution in [1.29, 1.82) is 0 Å². The normalized spacial score (nSPS) is 22.0. The molecule has 0 spiro atoms. The molecule has 1 unspecified atom stereocenters. The van der Waals surface area contributed by atoms with Gasteiger partial charge >= 0.3 is 0 Å². The van der Waals surface area contributed by atoms with Crippen LogP contribution in [-0.2, 0) is 14.3 Å². The van der Waals surface area contributed by atoms with Crippen LogP contribution in [0, 0.1) is 5.92 Å². The van der Waals surface area contributed by atoms with Crippen molar-refractivity contribution in [3.05, 3.63) is 0 Å². The monoisotopic (exact) mass is 311 g/mol. The molecule has 0 aromatic carbocycles. The number of carbonyl (C=O) groups is 2. The first kappa shape index (κ1) is 17.2. The van der Waals surface area contributed by atoms with Crippen molar-refractivity contribution >= 4 is 11.8 Å². The molecule has 0 aromatic rings. The number of amides is 2. The number of nitrogens with two attached hydrogens (primary N) is 1. The molecule has 1 atom stereocenters. The lowest BCUT2D eigenvalue weighted by Gasteiger charge is -2.26. The molecule has 6 heteroatoms. The van der Waals surface area contributed by atoms with Gasteiger partial charge in [0.1, 0.15) is 0 Å². The SMILES string of the molecule is NC(C(=O)NCCC(=O)NC1CCCCC1)C1CCOCC1. The molecular formula is C16H29N3O3. The van der Waals surface area contributed by atoms with Crippen LogP contribution in [0.2, 0.25) is 0 Å². The number of hydrogen-bond donors (Lipinski definition) is 3. The molecule has 0 aromatic heterocycles. The minimum absolute atomic E-state index is 0.0202. The second-order valence-electron chi connectivity index (χ2n) is 6.42. The van der Waals surface area contributed by atoms with Crippen molar-refractivity contribution in [2.75, 3.05) is 19.8 Å². The van der Waals surface area contributed by atoms with Crippen molar-refractivity contribution in [3.8, 4) is 0 Å². The molecule has 1 aliphatic carbocycles. The summed E-state index contributed by atoms with van der Waals surface area (Å²) in [4.78, 5) is 23.9. The Kier molecular flexibility index (Phi) is 7.12. The number of ether oxygens (including phenoxy) is 1. The van der Waals surface area contributed by atoms with E-state index in [0.717, 1.165) is 25.7 Å². The molecule has 126 valence electrons. The molecule has 1 heterocycles. The summed E-state index contributed by atoms with van der Waals surface area (Å²) in [5, 5.41) is 5.83. The fourth-order valence-corrected chi connectivity index (χ4v) is 3.25. The molecule has 6 nitrogen and oxygen atoms in total. The fourth-order valence-electron chi connectivity index (χ4n) is 3.25. The molecule has 1 saturated carbocycles. The number of rotatable bonds is 6. The van der Waals surface area contributed by atoms with E-state index in [9.17, 15) is 9.59 Å². The maximum atomic E-state index is 12.0. The van der Waals surface area contributed by atoms with Crippen LogP contribution >= 0.6 is 0 Å². The smallest absolute Gasteiger partial charge is 0.237 e. The summed E-state index contributed by atoms with van der Waals surface area (Å²) >= 11 is 0. The Balaban J connectivity index is 1.60. The summed E-state index contributed by atoms with van der Waals surface area (Å²) in [7, 11) is 0. The van der Waals surface area contributed by atoms with Crippen molar-refractivity contribution in [1.82, 2.24) is 10.6 Å². The van der Waals surface area contributed by atoms with Crippen LogP contribution in [0.15, 0.2) is 0 Å². The molecule has 2 aliphatic rings. The van der Waals surface area contributed by atoms with Crippen LogP contribution in [-0.4, -0.2) is 43.7 Å². The highest BCUT2D eigenvalue weighted by Gasteiger charge is 2.26. The molecule has 4 N–H and O–H groups in total. The lowest BCUT2D eigenvalue weighted by molar-refractivity contribution is -0.124. The Hall–Kier alpha value is -1.14. The van der Waals surface area contributed by atoms with Gasteiger partial charge in [0.15, 0.2) is 0 Å². The van der Waals surface area contributed by atoms with Gasteiger partial charge in [-0.2, -0.15) is 0 Å². The topological polar surface area (TPSA) is 93.5 Å². The third-order valence-electron chi connectivity index (χ3n) is 4.70. The molecule has 22 heavy (non-hydrogen) atoms. The molecule has 2 fully saturated rings. The molecule has 2 rings (SSSR count). The van der Waals surface area contributed by atoms with Gasteiger partial charge < -0.3 is 21.1 Å². The maximum absolute atomic E-state index is 12.0. The van der Waals surface area contributed by atoms with Crippen molar-refractivity contribution in [2.24, 2.45) is 11.7 Å². The van der Waals surface area contributed by atoms with Crippen molar-refractivity contribution in [3.63, 3.8) is 0 Å². The minimum atomic E-state index is -0.495. The average molecular weight is 311 g/mol. The number of carbonyl (C=O) groups excluding carboxylic acids is 2. The van der Waals surface area contributed by atoms with Crippen LogP contribution in [0.1, 0.15) is 51.4 Å². The second-order valence-corrected chi connectivity index (χ2v) is 6.42. The molecular weight excluding hydrogens is 282 g/mol. The van der Waals surface area contributed by atoms with E-state index in [4.69, 9.17) is 10.5 Å². The summed E-state index contributed by atoms with van der Waals surface area (Å²) in [5.74, 6) is 0.0500. The summed E-state index contributed by atoms with van der Waals surface area (Å²) in [6, 6.07) is -0.174. The van der Waals surface area contributed by atoms with Gasteiger partial charge in [-0.1, -0.05) is 19.3 Å². The Morgan fingerprint density at radius 1 is 1.09 bits per heavy atom. The highest BCUT2D eigenvalue weighted by Crippen LogP contribution is 2.18. The summed E-state index contributed by atoms with van der Waals surface area (Å²) in [6.45, 7) is 1.71. The average Bonchev–Trinajstić information content (AvgIpc) is 2.55. The minimum Gasteiger partial charge on any atom is -0.381 e. The Morgan fingerprint density at radius 3 is 2.45 bits per heavy atom.